The van der Waals surface area contributed by atoms with Gasteiger partial charge in [-0.15, -0.1) is 0 Å². The van der Waals surface area contributed by atoms with E-state index in [1.165, 1.54) is 6.20 Å². The lowest BCUT2D eigenvalue weighted by atomic mass is 10.1. The molecule has 98 valence electrons. The fourth-order valence-electron chi connectivity index (χ4n) is 1.69. The van der Waals surface area contributed by atoms with Crippen molar-refractivity contribution in [2.24, 2.45) is 0 Å². The summed E-state index contributed by atoms with van der Waals surface area (Å²) < 4.78 is 23.2. The zero-order chi connectivity index (χ0) is 14.6. The van der Waals surface area contributed by atoms with E-state index >= 15 is 0 Å². The number of nitrogens with one attached hydrogen (secondary N) is 1. The fourth-order valence-corrected chi connectivity index (χ4v) is 2.66. The number of sulfone groups is 1. The molecule has 1 aromatic carbocycles. The van der Waals surface area contributed by atoms with Crippen LogP contribution >= 0.6 is 0 Å². The van der Waals surface area contributed by atoms with Crippen molar-refractivity contribution in [2.75, 3.05) is 11.6 Å². The number of nitriles is 2. The predicted molar refractivity (Wildman–Crippen MR) is 72.0 cm³/mol. The number of rotatable bonds is 3. The first-order valence-corrected chi connectivity index (χ1v) is 7.27. The van der Waals surface area contributed by atoms with E-state index in [9.17, 15) is 8.42 Å². The van der Waals surface area contributed by atoms with Crippen LogP contribution in [-0.2, 0) is 9.84 Å². The molecule has 1 rings (SSSR count). The van der Waals surface area contributed by atoms with Crippen LogP contribution in [0.4, 0.5) is 5.69 Å². The second kappa shape index (κ2) is 5.55. The first-order valence-electron chi connectivity index (χ1n) is 5.38. The van der Waals surface area contributed by atoms with E-state index in [0.717, 1.165) is 11.8 Å². The van der Waals surface area contributed by atoms with Crippen molar-refractivity contribution < 1.29 is 8.42 Å². The van der Waals surface area contributed by atoms with Gasteiger partial charge in [-0.25, -0.2) is 8.42 Å². The molecule has 0 aliphatic carbocycles. The third-order valence-electron chi connectivity index (χ3n) is 2.62. The summed E-state index contributed by atoms with van der Waals surface area (Å²) >= 11 is 0. The highest BCUT2D eigenvalue weighted by molar-refractivity contribution is 7.90. The Labute approximate surface area is 112 Å². The largest absolute Gasteiger partial charge is 0.359 e. The van der Waals surface area contributed by atoms with E-state index in [0.29, 0.717) is 11.3 Å². The average Bonchev–Trinajstić information content (AvgIpc) is 2.32. The van der Waals surface area contributed by atoms with E-state index in [1.54, 1.807) is 31.2 Å². The van der Waals surface area contributed by atoms with Gasteiger partial charge in [-0.1, -0.05) is 6.07 Å². The third-order valence-corrected chi connectivity index (χ3v) is 3.87. The Morgan fingerprint density at radius 1 is 1.26 bits per heavy atom. The SMILES string of the molecule is Cc1ccc(S(C)(=O)=O)c(C)c1NC=C(C#N)C#N. The molecule has 1 N–H and O–H groups in total. The van der Waals surface area contributed by atoms with E-state index in [1.807, 2.05) is 6.92 Å². The molecule has 0 saturated carbocycles. The fraction of sp³-hybridized carbons (Fsp3) is 0.231. The van der Waals surface area contributed by atoms with Crippen molar-refractivity contribution in [3.63, 3.8) is 0 Å². The molecule has 0 heterocycles. The smallest absolute Gasteiger partial charge is 0.175 e. The summed E-state index contributed by atoms with van der Waals surface area (Å²) in [4.78, 5) is 0.226. The molecule has 0 unspecified atom stereocenters. The van der Waals surface area contributed by atoms with Crippen LogP contribution < -0.4 is 5.32 Å². The molecule has 0 atom stereocenters. The molecular formula is C13H13N3O2S. The molecule has 19 heavy (non-hydrogen) atoms. The maximum Gasteiger partial charge on any atom is 0.175 e. The van der Waals surface area contributed by atoms with Gasteiger partial charge in [0, 0.05) is 18.1 Å². The maximum absolute atomic E-state index is 11.6. The van der Waals surface area contributed by atoms with Gasteiger partial charge in [0.2, 0.25) is 0 Å². The Kier molecular flexibility index (Phi) is 4.31. The van der Waals surface area contributed by atoms with Crippen LogP contribution in [0.5, 0.6) is 0 Å². The molecule has 6 heteroatoms. The van der Waals surface area contributed by atoms with Crippen LogP contribution in [0, 0.1) is 36.5 Å². The Balaban J connectivity index is 3.35. The Hall–Kier alpha value is -2.31. The van der Waals surface area contributed by atoms with Crippen molar-refractivity contribution in [2.45, 2.75) is 18.7 Å². The van der Waals surface area contributed by atoms with Crippen LogP contribution in [0.25, 0.3) is 0 Å². The van der Waals surface area contributed by atoms with E-state index < -0.39 is 9.84 Å². The Morgan fingerprint density at radius 3 is 2.32 bits per heavy atom. The summed E-state index contributed by atoms with van der Waals surface area (Å²) in [7, 11) is -3.31. The summed E-state index contributed by atoms with van der Waals surface area (Å²) in [6, 6.07) is 6.67. The normalized spacial score (nSPS) is 10.2. The first-order chi connectivity index (χ1) is 8.81. The summed E-state index contributed by atoms with van der Waals surface area (Å²) in [6.07, 6.45) is 2.40. The summed E-state index contributed by atoms with van der Waals surface area (Å²) in [5.41, 5.74) is 1.90. The van der Waals surface area contributed by atoms with Crippen LogP contribution in [0.3, 0.4) is 0 Å². The zero-order valence-corrected chi connectivity index (χ0v) is 11.7. The lowest BCUT2D eigenvalue weighted by Crippen LogP contribution is -2.04. The van der Waals surface area contributed by atoms with Gasteiger partial charge in [-0.3, -0.25) is 0 Å². The van der Waals surface area contributed by atoms with Gasteiger partial charge in [0.15, 0.2) is 9.84 Å². The van der Waals surface area contributed by atoms with Gasteiger partial charge in [0.1, 0.15) is 17.7 Å². The number of anilines is 1. The second-order valence-corrected chi connectivity index (χ2v) is 6.06. The topological polar surface area (TPSA) is 93.8 Å². The number of hydrogen-bond donors (Lipinski definition) is 1. The number of hydrogen-bond acceptors (Lipinski definition) is 5. The second-order valence-electron chi connectivity index (χ2n) is 4.08. The summed E-state index contributed by atoms with van der Waals surface area (Å²) in [5, 5.41) is 20.1. The van der Waals surface area contributed by atoms with Gasteiger partial charge < -0.3 is 5.32 Å². The quantitative estimate of drug-likeness (QED) is 0.852. The molecule has 0 aromatic heterocycles. The highest BCUT2D eigenvalue weighted by Crippen LogP contribution is 2.26. The van der Waals surface area contributed by atoms with Crippen LogP contribution in [0.2, 0.25) is 0 Å². The molecule has 0 bridgehead atoms. The standard InChI is InChI=1S/C13H13N3O2S/c1-9-4-5-12(19(3,17)18)10(2)13(9)16-8-11(6-14)7-15/h4-5,8,16H,1-3H3. The van der Waals surface area contributed by atoms with Gasteiger partial charge in [-0.2, -0.15) is 10.5 Å². The maximum atomic E-state index is 11.6. The number of nitrogens with zero attached hydrogens (tertiary/aromatic N) is 2. The minimum atomic E-state index is -3.31. The molecule has 0 saturated heterocycles. The lowest BCUT2D eigenvalue weighted by molar-refractivity contribution is 0.601. The number of aryl methyl sites for hydroxylation is 1. The zero-order valence-electron chi connectivity index (χ0n) is 10.9. The lowest BCUT2D eigenvalue weighted by Gasteiger charge is -2.13. The molecule has 0 fully saturated rings. The molecule has 0 aliphatic rings. The monoisotopic (exact) mass is 275 g/mol. The van der Waals surface area contributed by atoms with E-state index in [4.69, 9.17) is 10.5 Å². The number of allylic oxidation sites excluding steroid dienone is 1. The summed E-state index contributed by atoms with van der Waals surface area (Å²) in [5.74, 6) is 0. The molecule has 0 radical (unpaired) electrons. The van der Waals surface area contributed by atoms with Crippen molar-refractivity contribution in [3.05, 3.63) is 35.0 Å². The predicted octanol–water partition coefficient (Wildman–Crippen LogP) is 2.05. The molecule has 0 aliphatic heterocycles. The Morgan fingerprint density at radius 2 is 1.84 bits per heavy atom. The molecule has 0 amide bonds. The van der Waals surface area contributed by atoms with Gasteiger partial charge in [0.25, 0.3) is 0 Å². The minimum absolute atomic E-state index is 0.0800. The van der Waals surface area contributed by atoms with Crippen LogP contribution in [0.15, 0.2) is 28.8 Å². The van der Waals surface area contributed by atoms with Gasteiger partial charge >= 0.3 is 0 Å². The Bertz CT molecular complexity index is 703. The van der Waals surface area contributed by atoms with Crippen molar-refractivity contribution in [1.29, 1.82) is 10.5 Å². The van der Waals surface area contributed by atoms with Crippen LogP contribution in [0.1, 0.15) is 11.1 Å². The van der Waals surface area contributed by atoms with Crippen molar-refractivity contribution >= 4 is 15.5 Å². The third kappa shape index (κ3) is 3.34. The van der Waals surface area contributed by atoms with Crippen LogP contribution in [-0.4, -0.2) is 14.7 Å². The average molecular weight is 275 g/mol. The van der Waals surface area contributed by atoms with E-state index in [2.05, 4.69) is 5.32 Å². The van der Waals surface area contributed by atoms with Gasteiger partial charge in [0.05, 0.1) is 4.90 Å². The highest BCUT2D eigenvalue weighted by Gasteiger charge is 2.14. The van der Waals surface area contributed by atoms with Gasteiger partial charge in [-0.05, 0) is 31.0 Å². The van der Waals surface area contributed by atoms with Crippen molar-refractivity contribution in [1.82, 2.24) is 0 Å². The first kappa shape index (κ1) is 14.7. The molecule has 0 spiro atoms. The van der Waals surface area contributed by atoms with E-state index in [-0.39, 0.29) is 10.5 Å². The summed E-state index contributed by atoms with van der Waals surface area (Å²) in [6.45, 7) is 3.49. The number of benzene rings is 1. The molecular weight excluding hydrogens is 262 g/mol. The molecule has 5 nitrogen and oxygen atoms in total. The minimum Gasteiger partial charge on any atom is -0.359 e. The molecule has 1 aromatic rings. The van der Waals surface area contributed by atoms with Crippen molar-refractivity contribution in [3.8, 4) is 12.1 Å². The highest BCUT2D eigenvalue weighted by atomic mass is 32.2.